The summed E-state index contributed by atoms with van der Waals surface area (Å²) < 4.78 is 11.2. The molecule has 0 aliphatic heterocycles. The van der Waals surface area contributed by atoms with Crippen LogP contribution in [0.3, 0.4) is 0 Å². The standard InChI is InChI=1S/C19H21NO3/c1-14-2-8-17(9-3-14)22-12-13-23-18-10-6-16(7-11-18)20-19(21)15-4-5-15/h2-3,6-11,15H,4-5,12-13H2,1H3,(H,20,21). The Hall–Kier alpha value is -2.49. The van der Waals surface area contributed by atoms with E-state index in [0.717, 1.165) is 30.0 Å². The molecule has 0 heterocycles. The monoisotopic (exact) mass is 311 g/mol. The van der Waals surface area contributed by atoms with Gasteiger partial charge in [-0.1, -0.05) is 17.7 Å². The van der Waals surface area contributed by atoms with Gasteiger partial charge in [0.05, 0.1) is 0 Å². The fourth-order valence-corrected chi connectivity index (χ4v) is 2.18. The van der Waals surface area contributed by atoms with Crippen LogP contribution < -0.4 is 14.8 Å². The second kappa shape index (κ2) is 7.18. The van der Waals surface area contributed by atoms with E-state index in [1.165, 1.54) is 5.56 Å². The van der Waals surface area contributed by atoms with Gasteiger partial charge in [0.2, 0.25) is 5.91 Å². The fraction of sp³-hybridized carbons (Fsp3) is 0.316. The molecule has 1 aliphatic rings. The number of amides is 1. The number of nitrogens with one attached hydrogen (secondary N) is 1. The molecule has 23 heavy (non-hydrogen) atoms. The molecular weight excluding hydrogens is 290 g/mol. The third-order valence-electron chi connectivity index (χ3n) is 3.71. The Morgan fingerprint density at radius 3 is 2.00 bits per heavy atom. The first-order valence-electron chi connectivity index (χ1n) is 7.94. The van der Waals surface area contributed by atoms with Crippen LogP contribution in [0, 0.1) is 12.8 Å². The van der Waals surface area contributed by atoms with Crippen LogP contribution in [0.1, 0.15) is 18.4 Å². The lowest BCUT2D eigenvalue weighted by atomic mass is 10.2. The molecule has 2 aromatic rings. The quantitative estimate of drug-likeness (QED) is 0.791. The zero-order chi connectivity index (χ0) is 16.1. The topological polar surface area (TPSA) is 47.6 Å². The van der Waals surface area contributed by atoms with Crippen molar-refractivity contribution in [1.82, 2.24) is 0 Å². The zero-order valence-electron chi connectivity index (χ0n) is 13.2. The third-order valence-corrected chi connectivity index (χ3v) is 3.71. The van der Waals surface area contributed by atoms with Gasteiger partial charge in [-0.25, -0.2) is 0 Å². The molecule has 120 valence electrons. The third kappa shape index (κ3) is 4.74. The molecule has 1 fully saturated rings. The first-order valence-corrected chi connectivity index (χ1v) is 7.94. The van der Waals surface area contributed by atoms with Crippen LogP contribution >= 0.6 is 0 Å². The number of carbonyl (C=O) groups excluding carboxylic acids is 1. The van der Waals surface area contributed by atoms with Crippen LogP contribution in [0.5, 0.6) is 11.5 Å². The van der Waals surface area contributed by atoms with E-state index in [-0.39, 0.29) is 11.8 Å². The minimum atomic E-state index is 0.116. The number of ether oxygens (including phenoxy) is 2. The van der Waals surface area contributed by atoms with Gasteiger partial charge >= 0.3 is 0 Å². The first kappa shape index (κ1) is 15.4. The minimum absolute atomic E-state index is 0.116. The van der Waals surface area contributed by atoms with Crippen LogP contribution in [-0.4, -0.2) is 19.1 Å². The average Bonchev–Trinajstić information content (AvgIpc) is 3.40. The molecule has 0 spiro atoms. The first-order chi connectivity index (χ1) is 11.2. The predicted molar refractivity (Wildman–Crippen MR) is 90.0 cm³/mol. The second-order valence-electron chi connectivity index (χ2n) is 5.80. The minimum Gasteiger partial charge on any atom is -0.490 e. The van der Waals surface area contributed by atoms with Gasteiger partial charge in [0, 0.05) is 11.6 Å². The summed E-state index contributed by atoms with van der Waals surface area (Å²) in [5, 5.41) is 2.91. The average molecular weight is 311 g/mol. The largest absolute Gasteiger partial charge is 0.490 e. The lowest BCUT2D eigenvalue weighted by molar-refractivity contribution is -0.117. The van der Waals surface area contributed by atoms with E-state index >= 15 is 0 Å². The molecule has 2 aromatic carbocycles. The number of benzene rings is 2. The van der Waals surface area contributed by atoms with Gasteiger partial charge in [0.15, 0.2) is 0 Å². The zero-order valence-corrected chi connectivity index (χ0v) is 13.2. The van der Waals surface area contributed by atoms with Crippen molar-refractivity contribution >= 4 is 11.6 Å². The van der Waals surface area contributed by atoms with Crippen LogP contribution in [0.25, 0.3) is 0 Å². The van der Waals surface area contributed by atoms with Gasteiger partial charge in [-0.05, 0) is 56.2 Å². The van der Waals surface area contributed by atoms with Gasteiger partial charge in [-0.3, -0.25) is 4.79 Å². The number of hydrogen-bond donors (Lipinski definition) is 1. The van der Waals surface area contributed by atoms with Crippen molar-refractivity contribution in [2.75, 3.05) is 18.5 Å². The molecule has 3 rings (SSSR count). The number of rotatable bonds is 7. The number of anilines is 1. The Bertz CT molecular complexity index is 645. The number of hydrogen-bond acceptors (Lipinski definition) is 3. The maximum Gasteiger partial charge on any atom is 0.227 e. The predicted octanol–water partition coefficient (Wildman–Crippen LogP) is 3.80. The van der Waals surface area contributed by atoms with Gasteiger partial charge in [0.25, 0.3) is 0 Å². The summed E-state index contributed by atoms with van der Waals surface area (Å²) in [7, 11) is 0. The number of aryl methyl sites for hydroxylation is 1. The Kier molecular flexibility index (Phi) is 4.81. The van der Waals surface area contributed by atoms with E-state index < -0.39 is 0 Å². The van der Waals surface area contributed by atoms with Crippen LogP contribution in [0.2, 0.25) is 0 Å². The molecule has 0 aromatic heterocycles. The molecule has 4 heteroatoms. The second-order valence-corrected chi connectivity index (χ2v) is 5.80. The summed E-state index contributed by atoms with van der Waals surface area (Å²) in [5.74, 6) is 1.94. The van der Waals surface area contributed by atoms with Crippen molar-refractivity contribution in [3.63, 3.8) is 0 Å². The van der Waals surface area contributed by atoms with Crippen molar-refractivity contribution in [3.8, 4) is 11.5 Å². The van der Waals surface area contributed by atoms with E-state index in [2.05, 4.69) is 5.32 Å². The van der Waals surface area contributed by atoms with Gasteiger partial charge < -0.3 is 14.8 Å². The molecular formula is C19H21NO3. The van der Waals surface area contributed by atoms with Crippen LogP contribution in [0.4, 0.5) is 5.69 Å². The van der Waals surface area contributed by atoms with E-state index in [4.69, 9.17) is 9.47 Å². The van der Waals surface area contributed by atoms with Gasteiger partial charge in [-0.15, -0.1) is 0 Å². The summed E-state index contributed by atoms with van der Waals surface area (Å²) >= 11 is 0. The highest BCUT2D eigenvalue weighted by atomic mass is 16.5. The summed E-state index contributed by atoms with van der Waals surface area (Å²) in [5.41, 5.74) is 2.02. The van der Waals surface area contributed by atoms with Crippen LogP contribution in [0.15, 0.2) is 48.5 Å². The van der Waals surface area contributed by atoms with Crippen molar-refractivity contribution in [2.45, 2.75) is 19.8 Å². The Labute approximate surface area is 136 Å². The number of carbonyl (C=O) groups is 1. The molecule has 0 unspecified atom stereocenters. The maximum absolute atomic E-state index is 11.7. The molecule has 1 amide bonds. The highest BCUT2D eigenvalue weighted by Gasteiger charge is 2.29. The molecule has 0 atom stereocenters. The Morgan fingerprint density at radius 1 is 0.957 bits per heavy atom. The maximum atomic E-state index is 11.7. The van der Waals surface area contributed by atoms with E-state index in [1.807, 2.05) is 55.5 Å². The van der Waals surface area contributed by atoms with Gasteiger partial charge in [0.1, 0.15) is 24.7 Å². The fourth-order valence-electron chi connectivity index (χ4n) is 2.18. The molecule has 1 saturated carbocycles. The van der Waals surface area contributed by atoms with Gasteiger partial charge in [-0.2, -0.15) is 0 Å². The van der Waals surface area contributed by atoms with E-state index in [1.54, 1.807) is 0 Å². The van der Waals surface area contributed by atoms with E-state index in [9.17, 15) is 4.79 Å². The Balaban J connectivity index is 1.39. The lowest BCUT2D eigenvalue weighted by Crippen LogP contribution is -2.13. The Morgan fingerprint density at radius 2 is 1.48 bits per heavy atom. The van der Waals surface area contributed by atoms with Crippen molar-refractivity contribution in [2.24, 2.45) is 5.92 Å². The SMILES string of the molecule is Cc1ccc(OCCOc2ccc(NC(=O)C3CC3)cc2)cc1. The molecule has 0 radical (unpaired) electrons. The highest BCUT2D eigenvalue weighted by molar-refractivity contribution is 5.94. The summed E-state index contributed by atoms with van der Waals surface area (Å²) in [6.45, 7) is 3.01. The summed E-state index contributed by atoms with van der Waals surface area (Å²) in [6, 6.07) is 15.4. The molecule has 1 aliphatic carbocycles. The molecule has 0 saturated heterocycles. The lowest BCUT2D eigenvalue weighted by Gasteiger charge is -2.09. The molecule has 4 nitrogen and oxygen atoms in total. The molecule has 1 N–H and O–H groups in total. The van der Waals surface area contributed by atoms with Crippen molar-refractivity contribution in [1.29, 1.82) is 0 Å². The van der Waals surface area contributed by atoms with Crippen LogP contribution in [-0.2, 0) is 4.79 Å². The smallest absolute Gasteiger partial charge is 0.227 e. The summed E-state index contributed by atoms with van der Waals surface area (Å²) in [6.07, 6.45) is 2.02. The highest BCUT2D eigenvalue weighted by Crippen LogP contribution is 2.30. The molecule has 0 bridgehead atoms. The van der Waals surface area contributed by atoms with E-state index in [0.29, 0.717) is 13.2 Å². The summed E-state index contributed by atoms with van der Waals surface area (Å²) in [4.78, 5) is 11.7. The normalized spacial score (nSPS) is 13.4. The van der Waals surface area contributed by atoms with Crippen molar-refractivity contribution in [3.05, 3.63) is 54.1 Å². The van der Waals surface area contributed by atoms with Crippen molar-refractivity contribution < 1.29 is 14.3 Å².